The largest absolute Gasteiger partial charge is 0.424 e. The highest BCUT2D eigenvalue weighted by Crippen LogP contribution is 2.21. The van der Waals surface area contributed by atoms with Gasteiger partial charge in [0.1, 0.15) is 0 Å². The fourth-order valence-electron chi connectivity index (χ4n) is 1.63. The van der Waals surface area contributed by atoms with E-state index in [1.807, 2.05) is 12.6 Å². The molecular formula is C11H14OSi. The van der Waals surface area contributed by atoms with Gasteiger partial charge in [0.25, 0.3) is 0 Å². The first-order chi connectivity index (χ1) is 6.13. The third kappa shape index (κ3) is 1.36. The van der Waals surface area contributed by atoms with E-state index in [0.29, 0.717) is 0 Å². The SMILES string of the molecule is C=C[Si](C)(O)c1ccc2c(c1)CC2. The Labute approximate surface area is 79.9 Å². The van der Waals surface area contributed by atoms with Crippen LogP contribution in [-0.4, -0.2) is 13.1 Å². The molecule has 0 saturated carbocycles. The van der Waals surface area contributed by atoms with E-state index in [2.05, 4.69) is 18.7 Å². The van der Waals surface area contributed by atoms with Gasteiger partial charge in [0.15, 0.2) is 0 Å². The summed E-state index contributed by atoms with van der Waals surface area (Å²) in [5, 5.41) is 1.08. The van der Waals surface area contributed by atoms with E-state index in [9.17, 15) is 4.80 Å². The second-order valence-electron chi connectivity index (χ2n) is 3.84. The van der Waals surface area contributed by atoms with Crippen molar-refractivity contribution in [3.8, 4) is 0 Å². The summed E-state index contributed by atoms with van der Waals surface area (Å²) in [4.78, 5) is 10.1. The van der Waals surface area contributed by atoms with Gasteiger partial charge in [0.05, 0.1) is 0 Å². The summed E-state index contributed by atoms with van der Waals surface area (Å²) in [5.74, 6) is 0. The van der Waals surface area contributed by atoms with Gasteiger partial charge in [-0.15, -0.1) is 6.58 Å². The highest BCUT2D eigenvalue weighted by atomic mass is 28.4. The van der Waals surface area contributed by atoms with Gasteiger partial charge >= 0.3 is 0 Å². The number of fused-ring (bicyclic) bond motifs is 1. The number of hydrogen-bond donors (Lipinski definition) is 1. The van der Waals surface area contributed by atoms with Crippen LogP contribution in [0.25, 0.3) is 0 Å². The lowest BCUT2D eigenvalue weighted by molar-refractivity contribution is 0.574. The quantitative estimate of drug-likeness (QED) is 0.697. The molecule has 1 nitrogen and oxygen atoms in total. The highest BCUT2D eigenvalue weighted by molar-refractivity contribution is 6.88. The molecule has 1 atom stereocenters. The molecule has 2 rings (SSSR count). The fourth-order valence-corrected chi connectivity index (χ4v) is 2.75. The molecular weight excluding hydrogens is 176 g/mol. The van der Waals surface area contributed by atoms with E-state index in [1.165, 1.54) is 24.0 Å². The van der Waals surface area contributed by atoms with Crippen LogP contribution in [0.5, 0.6) is 0 Å². The minimum absolute atomic E-state index is 1.08. The molecule has 0 fully saturated rings. The van der Waals surface area contributed by atoms with Crippen molar-refractivity contribution in [1.82, 2.24) is 0 Å². The van der Waals surface area contributed by atoms with E-state index in [-0.39, 0.29) is 0 Å². The smallest absolute Gasteiger partial charge is 0.241 e. The topological polar surface area (TPSA) is 20.2 Å². The van der Waals surface area contributed by atoms with Crippen molar-refractivity contribution in [2.45, 2.75) is 19.4 Å². The van der Waals surface area contributed by atoms with Gasteiger partial charge in [-0.3, -0.25) is 0 Å². The first kappa shape index (κ1) is 8.72. The Hall–Kier alpha value is -0.863. The van der Waals surface area contributed by atoms with Crippen LogP contribution in [0, 0.1) is 0 Å². The molecule has 0 radical (unpaired) electrons. The monoisotopic (exact) mass is 190 g/mol. The molecule has 0 amide bonds. The Kier molecular flexibility index (Phi) is 1.89. The molecule has 1 aromatic carbocycles. The summed E-state index contributed by atoms with van der Waals surface area (Å²) in [5.41, 5.74) is 4.57. The van der Waals surface area contributed by atoms with E-state index < -0.39 is 8.32 Å². The molecule has 68 valence electrons. The summed E-state index contributed by atoms with van der Waals surface area (Å²) in [7, 11) is -2.31. The Bertz CT molecular complexity index is 355. The van der Waals surface area contributed by atoms with E-state index in [0.717, 1.165) is 5.19 Å². The molecule has 1 aromatic rings. The number of hydrogen-bond acceptors (Lipinski definition) is 1. The zero-order valence-electron chi connectivity index (χ0n) is 7.88. The molecule has 1 N–H and O–H groups in total. The zero-order chi connectivity index (χ0) is 9.47. The summed E-state index contributed by atoms with van der Waals surface area (Å²) < 4.78 is 0. The van der Waals surface area contributed by atoms with Crippen LogP contribution in [0.1, 0.15) is 11.1 Å². The van der Waals surface area contributed by atoms with Crippen molar-refractivity contribution >= 4 is 13.5 Å². The maximum atomic E-state index is 10.1. The Morgan fingerprint density at radius 3 is 2.54 bits per heavy atom. The van der Waals surface area contributed by atoms with Crippen LogP contribution in [0.4, 0.5) is 0 Å². The van der Waals surface area contributed by atoms with Crippen molar-refractivity contribution in [1.29, 1.82) is 0 Å². The lowest BCUT2D eigenvalue weighted by Gasteiger charge is -2.23. The zero-order valence-corrected chi connectivity index (χ0v) is 8.88. The van der Waals surface area contributed by atoms with Gasteiger partial charge in [0.2, 0.25) is 8.32 Å². The lowest BCUT2D eigenvalue weighted by Crippen LogP contribution is -2.43. The predicted octanol–water partition coefficient (Wildman–Crippen LogP) is 1.28. The molecule has 0 bridgehead atoms. The molecule has 2 heteroatoms. The third-order valence-electron chi connectivity index (χ3n) is 2.85. The van der Waals surface area contributed by atoms with Crippen molar-refractivity contribution in [2.75, 3.05) is 0 Å². The Balaban J connectivity index is 2.42. The summed E-state index contributed by atoms with van der Waals surface area (Å²) in [6.45, 7) is 5.59. The Morgan fingerprint density at radius 2 is 2.08 bits per heavy atom. The second kappa shape index (κ2) is 2.82. The van der Waals surface area contributed by atoms with Crippen molar-refractivity contribution in [3.05, 3.63) is 41.6 Å². The van der Waals surface area contributed by atoms with E-state index in [4.69, 9.17) is 0 Å². The lowest BCUT2D eigenvalue weighted by atomic mass is 9.89. The second-order valence-corrected chi connectivity index (χ2v) is 7.12. The number of aryl methyl sites for hydroxylation is 2. The van der Waals surface area contributed by atoms with Gasteiger partial charge in [-0.05, 0) is 35.7 Å². The third-order valence-corrected chi connectivity index (χ3v) is 5.13. The molecule has 1 unspecified atom stereocenters. The minimum atomic E-state index is -2.31. The van der Waals surface area contributed by atoms with Crippen LogP contribution < -0.4 is 5.19 Å². The molecule has 0 aromatic heterocycles. The average molecular weight is 190 g/mol. The number of rotatable bonds is 2. The van der Waals surface area contributed by atoms with Crippen molar-refractivity contribution in [3.63, 3.8) is 0 Å². The molecule has 0 spiro atoms. The van der Waals surface area contributed by atoms with Crippen LogP contribution in [0.3, 0.4) is 0 Å². The van der Waals surface area contributed by atoms with Gasteiger partial charge in [-0.25, -0.2) is 0 Å². The Morgan fingerprint density at radius 1 is 1.38 bits per heavy atom. The summed E-state index contributed by atoms with van der Waals surface area (Å²) in [6, 6.07) is 6.33. The molecule has 1 aliphatic carbocycles. The molecule has 0 saturated heterocycles. The molecule has 0 heterocycles. The average Bonchev–Trinajstić information content (AvgIpc) is 2.07. The number of benzene rings is 1. The van der Waals surface area contributed by atoms with Gasteiger partial charge in [-0.1, -0.05) is 23.9 Å². The van der Waals surface area contributed by atoms with Gasteiger partial charge in [-0.2, -0.15) is 0 Å². The van der Waals surface area contributed by atoms with Crippen LogP contribution >= 0.6 is 0 Å². The van der Waals surface area contributed by atoms with Crippen LogP contribution in [-0.2, 0) is 12.8 Å². The van der Waals surface area contributed by atoms with E-state index in [1.54, 1.807) is 5.70 Å². The maximum Gasteiger partial charge on any atom is 0.241 e. The van der Waals surface area contributed by atoms with Crippen LogP contribution in [0.2, 0.25) is 6.55 Å². The molecule has 0 aliphatic heterocycles. The standard InChI is InChI=1S/C11H14OSi/c1-3-13(2,12)11-7-6-9-4-5-10(9)8-11/h3,6-8,12H,1,4-5H2,2H3. The maximum absolute atomic E-state index is 10.1. The van der Waals surface area contributed by atoms with Crippen LogP contribution in [0.15, 0.2) is 30.5 Å². The van der Waals surface area contributed by atoms with E-state index >= 15 is 0 Å². The first-order valence-corrected chi connectivity index (χ1v) is 7.14. The minimum Gasteiger partial charge on any atom is -0.424 e. The fraction of sp³-hybridized carbons (Fsp3) is 0.273. The van der Waals surface area contributed by atoms with Crippen molar-refractivity contribution < 1.29 is 4.80 Å². The summed E-state index contributed by atoms with van der Waals surface area (Å²) in [6.07, 6.45) is 2.37. The normalized spacial score (nSPS) is 18.3. The van der Waals surface area contributed by atoms with Crippen molar-refractivity contribution in [2.24, 2.45) is 0 Å². The summed E-state index contributed by atoms with van der Waals surface area (Å²) >= 11 is 0. The molecule has 13 heavy (non-hydrogen) atoms. The molecule has 1 aliphatic rings. The van der Waals surface area contributed by atoms with Gasteiger partial charge < -0.3 is 4.80 Å². The predicted molar refractivity (Wildman–Crippen MR) is 57.5 cm³/mol. The van der Waals surface area contributed by atoms with Gasteiger partial charge in [0, 0.05) is 0 Å². The first-order valence-electron chi connectivity index (χ1n) is 4.62. The highest BCUT2D eigenvalue weighted by Gasteiger charge is 2.25.